The Bertz CT molecular complexity index is 606. The molecule has 110 valence electrons. The van der Waals surface area contributed by atoms with E-state index in [-0.39, 0.29) is 12.4 Å². The first-order valence-electron chi connectivity index (χ1n) is 6.38. The Labute approximate surface area is 129 Å². The number of carboxylic acid groups (broad SMARTS) is 1. The molecule has 0 unspecified atom stereocenters. The smallest absolute Gasteiger partial charge is 0.310 e. The lowest BCUT2D eigenvalue weighted by atomic mass is 9.79. The van der Waals surface area contributed by atoms with Crippen molar-refractivity contribution in [3.63, 3.8) is 0 Å². The zero-order chi connectivity index (χ0) is 14.0. The maximum atomic E-state index is 11.5. The van der Waals surface area contributed by atoms with Gasteiger partial charge in [0, 0.05) is 11.4 Å². The number of benzene rings is 1. The van der Waals surface area contributed by atoms with Gasteiger partial charge < -0.3 is 10.1 Å². The first kappa shape index (κ1) is 16.8. The molecule has 1 heterocycles. The summed E-state index contributed by atoms with van der Waals surface area (Å²) in [5.74, 6) is -0.0700. The third-order valence-corrected chi connectivity index (χ3v) is 4.04. The molecule has 1 aromatic carbocycles. The zero-order valence-corrected chi connectivity index (χ0v) is 13.0. The number of nitrogens with one attached hydrogen (secondary N) is 1. The van der Waals surface area contributed by atoms with Gasteiger partial charge in [-0.2, -0.15) is 0 Å². The molecule has 0 spiro atoms. The molecule has 0 radical (unpaired) electrons. The van der Waals surface area contributed by atoms with Gasteiger partial charge >= 0.3 is 5.97 Å². The van der Waals surface area contributed by atoms with Crippen molar-refractivity contribution in [3.8, 4) is 0 Å². The monoisotopic (exact) mass is 316 g/mol. The number of hydrogen-bond donors (Lipinski definition) is 2. The second kappa shape index (κ2) is 6.46. The molecule has 0 atom stereocenters. The molecule has 0 saturated carbocycles. The van der Waals surface area contributed by atoms with Gasteiger partial charge in [-0.05, 0) is 31.0 Å². The largest absolute Gasteiger partial charge is 0.481 e. The van der Waals surface area contributed by atoms with Gasteiger partial charge in [-0.15, -0.1) is 12.4 Å². The minimum Gasteiger partial charge on any atom is -0.481 e. The third-order valence-electron chi connectivity index (χ3n) is 3.81. The minimum atomic E-state index is -0.768. The van der Waals surface area contributed by atoms with Crippen molar-refractivity contribution in [1.29, 1.82) is 0 Å². The van der Waals surface area contributed by atoms with Crippen molar-refractivity contribution in [3.05, 3.63) is 29.0 Å². The number of aromatic amines is 1. The van der Waals surface area contributed by atoms with Crippen LogP contribution in [0.4, 0.5) is 0 Å². The molecular weight excluding hydrogens is 299 g/mol. The molecule has 0 bridgehead atoms. The van der Waals surface area contributed by atoms with Crippen molar-refractivity contribution in [2.75, 3.05) is 0 Å². The van der Waals surface area contributed by atoms with E-state index in [1.165, 1.54) is 0 Å². The molecule has 2 rings (SSSR count). The van der Waals surface area contributed by atoms with Crippen LogP contribution in [-0.2, 0) is 11.2 Å². The lowest BCUT2D eigenvalue weighted by Crippen LogP contribution is -2.32. The number of H-pyrrole nitrogens is 1. The van der Waals surface area contributed by atoms with Crippen molar-refractivity contribution in [1.82, 2.24) is 9.97 Å². The zero-order valence-electron chi connectivity index (χ0n) is 11.4. The van der Waals surface area contributed by atoms with E-state index in [0.29, 0.717) is 30.1 Å². The van der Waals surface area contributed by atoms with Crippen LogP contribution in [0.15, 0.2) is 18.2 Å². The van der Waals surface area contributed by atoms with Crippen LogP contribution >= 0.6 is 24.0 Å². The number of aromatic nitrogens is 2. The molecule has 0 fully saturated rings. The summed E-state index contributed by atoms with van der Waals surface area (Å²) in [6.07, 6.45) is 1.56. The standard InChI is InChI=1S/C14H17ClN2O2.ClH/c1-3-14(4-2,13(18)19)8-12-16-10-6-5-9(15)7-11(10)17-12;/h5-7H,3-4,8H2,1-2H3,(H,16,17)(H,18,19);1H. The number of nitrogens with zero attached hydrogens (tertiary/aromatic N) is 1. The van der Waals surface area contributed by atoms with Crippen molar-refractivity contribution in [2.45, 2.75) is 33.1 Å². The van der Waals surface area contributed by atoms with E-state index in [9.17, 15) is 9.90 Å². The van der Waals surface area contributed by atoms with Crippen LogP contribution in [0.5, 0.6) is 0 Å². The average molecular weight is 317 g/mol. The molecule has 6 heteroatoms. The second-order valence-corrected chi connectivity index (χ2v) is 5.25. The number of fused-ring (bicyclic) bond motifs is 1. The highest BCUT2D eigenvalue weighted by Gasteiger charge is 2.35. The summed E-state index contributed by atoms with van der Waals surface area (Å²) in [5, 5.41) is 10.1. The van der Waals surface area contributed by atoms with Crippen molar-refractivity contribution < 1.29 is 9.90 Å². The van der Waals surface area contributed by atoms with Gasteiger partial charge in [-0.1, -0.05) is 25.4 Å². The molecule has 2 aromatic rings. The van der Waals surface area contributed by atoms with E-state index < -0.39 is 11.4 Å². The molecule has 2 N–H and O–H groups in total. The first-order chi connectivity index (χ1) is 9.00. The van der Waals surface area contributed by atoms with Gasteiger partial charge in [0.25, 0.3) is 0 Å². The third kappa shape index (κ3) is 3.07. The lowest BCUT2D eigenvalue weighted by Gasteiger charge is -2.25. The molecule has 4 nitrogen and oxygen atoms in total. The fraction of sp³-hybridized carbons (Fsp3) is 0.429. The Balaban J connectivity index is 0.00000200. The Morgan fingerprint density at radius 1 is 1.40 bits per heavy atom. The molecular formula is C14H18Cl2N2O2. The topological polar surface area (TPSA) is 66.0 Å². The molecule has 1 aromatic heterocycles. The van der Waals surface area contributed by atoms with Gasteiger partial charge in [0.15, 0.2) is 0 Å². The van der Waals surface area contributed by atoms with Crippen LogP contribution in [-0.4, -0.2) is 21.0 Å². The van der Waals surface area contributed by atoms with E-state index in [1.54, 1.807) is 12.1 Å². The second-order valence-electron chi connectivity index (χ2n) is 4.81. The van der Waals surface area contributed by atoms with Gasteiger partial charge in [-0.3, -0.25) is 4.79 Å². The normalized spacial score (nSPS) is 11.3. The van der Waals surface area contributed by atoms with E-state index in [0.717, 1.165) is 11.0 Å². The number of rotatable bonds is 5. The minimum absolute atomic E-state index is 0. The fourth-order valence-corrected chi connectivity index (χ4v) is 2.49. The highest BCUT2D eigenvalue weighted by atomic mass is 35.5. The number of carboxylic acids is 1. The fourth-order valence-electron chi connectivity index (χ4n) is 2.32. The number of carbonyl (C=O) groups is 1. The van der Waals surface area contributed by atoms with Crippen LogP contribution in [0.1, 0.15) is 32.5 Å². The maximum Gasteiger partial charge on any atom is 0.310 e. The highest BCUT2D eigenvalue weighted by molar-refractivity contribution is 6.31. The Kier molecular flexibility index (Phi) is 5.42. The average Bonchev–Trinajstić information content (AvgIpc) is 2.77. The Hall–Kier alpha value is -1.26. The predicted octanol–water partition coefficient (Wildman–Crippen LogP) is 4.07. The Morgan fingerprint density at radius 2 is 2.05 bits per heavy atom. The Morgan fingerprint density at radius 3 is 2.60 bits per heavy atom. The van der Waals surface area contributed by atoms with Gasteiger partial charge in [-0.25, -0.2) is 4.98 Å². The SMILES string of the molecule is CCC(CC)(Cc1nc2ccc(Cl)cc2[nH]1)C(=O)O.Cl. The van der Waals surface area contributed by atoms with E-state index in [2.05, 4.69) is 9.97 Å². The summed E-state index contributed by atoms with van der Waals surface area (Å²) in [5.41, 5.74) is 0.900. The molecule has 0 aliphatic heterocycles. The molecule has 20 heavy (non-hydrogen) atoms. The quantitative estimate of drug-likeness (QED) is 0.873. The number of halogens is 2. The van der Waals surface area contributed by atoms with E-state index in [1.807, 2.05) is 19.9 Å². The number of imidazole rings is 1. The molecule has 0 saturated heterocycles. The van der Waals surface area contributed by atoms with Crippen LogP contribution in [0.2, 0.25) is 5.02 Å². The number of aliphatic carboxylic acids is 1. The predicted molar refractivity (Wildman–Crippen MR) is 82.7 cm³/mol. The van der Waals surface area contributed by atoms with Crippen molar-refractivity contribution in [2.24, 2.45) is 5.41 Å². The summed E-state index contributed by atoms with van der Waals surface area (Å²) in [6.45, 7) is 3.80. The lowest BCUT2D eigenvalue weighted by molar-refractivity contribution is -0.149. The van der Waals surface area contributed by atoms with E-state index >= 15 is 0 Å². The molecule has 0 amide bonds. The summed E-state index contributed by atoms with van der Waals surface area (Å²) in [4.78, 5) is 19.1. The summed E-state index contributed by atoms with van der Waals surface area (Å²) in [6, 6.07) is 5.41. The van der Waals surface area contributed by atoms with Crippen LogP contribution < -0.4 is 0 Å². The van der Waals surface area contributed by atoms with Crippen LogP contribution in [0.25, 0.3) is 11.0 Å². The summed E-state index contributed by atoms with van der Waals surface area (Å²) < 4.78 is 0. The van der Waals surface area contributed by atoms with Gasteiger partial charge in [0.2, 0.25) is 0 Å². The van der Waals surface area contributed by atoms with Crippen LogP contribution in [0, 0.1) is 5.41 Å². The summed E-state index contributed by atoms with van der Waals surface area (Å²) in [7, 11) is 0. The van der Waals surface area contributed by atoms with Crippen molar-refractivity contribution >= 4 is 41.0 Å². The number of hydrogen-bond acceptors (Lipinski definition) is 2. The first-order valence-corrected chi connectivity index (χ1v) is 6.76. The van der Waals surface area contributed by atoms with Gasteiger partial charge in [0.1, 0.15) is 5.82 Å². The maximum absolute atomic E-state index is 11.5. The van der Waals surface area contributed by atoms with Crippen LogP contribution in [0.3, 0.4) is 0 Å². The van der Waals surface area contributed by atoms with E-state index in [4.69, 9.17) is 11.6 Å². The van der Waals surface area contributed by atoms with Gasteiger partial charge in [0.05, 0.1) is 16.4 Å². The summed E-state index contributed by atoms with van der Waals surface area (Å²) >= 11 is 5.92. The highest BCUT2D eigenvalue weighted by Crippen LogP contribution is 2.31. The molecule has 0 aliphatic rings. The molecule has 0 aliphatic carbocycles.